The van der Waals surface area contributed by atoms with Crippen molar-refractivity contribution in [2.45, 2.75) is 57.3 Å². The number of nitrogens with zero attached hydrogens (tertiary/aromatic N) is 2. The number of aryl methyl sites for hydroxylation is 2. The van der Waals surface area contributed by atoms with E-state index in [9.17, 15) is 0 Å². The van der Waals surface area contributed by atoms with Crippen LogP contribution in [0.3, 0.4) is 0 Å². The Balaban J connectivity index is 2.21. The summed E-state index contributed by atoms with van der Waals surface area (Å²) in [5, 5.41) is 5.49. The molecular formula is C13H20BrClN2. The summed E-state index contributed by atoms with van der Waals surface area (Å²) >= 11 is 10.2. The molecule has 0 amide bonds. The lowest BCUT2D eigenvalue weighted by Gasteiger charge is -2.14. The molecule has 2 nitrogen and oxygen atoms in total. The summed E-state index contributed by atoms with van der Waals surface area (Å²) in [4.78, 5) is 0.656. The third-order valence-corrected chi connectivity index (χ3v) is 5.36. The van der Waals surface area contributed by atoms with Crippen molar-refractivity contribution in [3.8, 4) is 0 Å². The zero-order chi connectivity index (χ0) is 12.4. The Morgan fingerprint density at radius 1 is 1.41 bits per heavy atom. The average Bonchev–Trinajstić information content (AvgIpc) is 2.86. The lowest BCUT2D eigenvalue weighted by molar-refractivity contribution is 0.518. The number of aromatic nitrogens is 2. The van der Waals surface area contributed by atoms with Crippen LogP contribution < -0.4 is 0 Å². The first-order chi connectivity index (χ1) is 8.17. The summed E-state index contributed by atoms with van der Waals surface area (Å²) in [6.07, 6.45) is 5.92. The highest BCUT2D eigenvalue weighted by atomic mass is 79.9. The Hall–Kier alpha value is -0.0200. The molecule has 1 saturated carbocycles. The van der Waals surface area contributed by atoms with Gasteiger partial charge >= 0.3 is 0 Å². The molecule has 1 fully saturated rings. The van der Waals surface area contributed by atoms with Crippen molar-refractivity contribution in [3.63, 3.8) is 0 Å². The first-order valence-electron chi connectivity index (χ1n) is 6.55. The molecule has 1 aliphatic carbocycles. The molecule has 0 aromatic carbocycles. The van der Waals surface area contributed by atoms with Gasteiger partial charge < -0.3 is 0 Å². The topological polar surface area (TPSA) is 17.8 Å². The maximum absolute atomic E-state index is 6.44. The van der Waals surface area contributed by atoms with E-state index >= 15 is 0 Å². The van der Waals surface area contributed by atoms with E-state index < -0.39 is 0 Å². The second-order valence-electron chi connectivity index (χ2n) is 4.79. The number of halogens is 2. The van der Waals surface area contributed by atoms with Gasteiger partial charge in [-0.15, -0.1) is 0 Å². The summed E-state index contributed by atoms with van der Waals surface area (Å²) in [5.41, 5.74) is 2.29. The molecule has 1 aromatic rings. The van der Waals surface area contributed by atoms with E-state index in [1.165, 1.54) is 25.0 Å². The molecule has 0 saturated heterocycles. The van der Waals surface area contributed by atoms with Crippen molar-refractivity contribution in [3.05, 3.63) is 16.4 Å². The standard InChI is InChI=1S/C13H20BrClN2/c1-3-11-13(15)12(17(4-2)16-11)8-9-6-5-7-10(9)14/h9-10H,3-8H2,1-2H3. The van der Waals surface area contributed by atoms with E-state index in [-0.39, 0.29) is 0 Å². The monoisotopic (exact) mass is 318 g/mol. The molecular weight excluding hydrogens is 300 g/mol. The number of rotatable bonds is 4. The highest BCUT2D eigenvalue weighted by Gasteiger charge is 2.27. The highest BCUT2D eigenvalue weighted by Crippen LogP contribution is 2.35. The molecule has 2 unspecified atom stereocenters. The smallest absolute Gasteiger partial charge is 0.0849 e. The third kappa shape index (κ3) is 2.70. The normalized spacial score (nSPS) is 24.5. The minimum absolute atomic E-state index is 0.656. The van der Waals surface area contributed by atoms with Gasteiger partial charge in [-0.2, -0.15) is 5.10 Å². The molecule has 0 spiro atoms. The minimum atomic E-state index is 0.656. The first-order valence-corrected chi connectivity index (χ1v) is 7.84. The van der Waals surface area contributed by atoms with Crippen LogP contribution in [0.15, 0.2) is 0 Å². The van der Waals surface area contributed by atoms with Crippen LogP contribution in [0, 0.1) is 5.92 Å². The van der Waals surface area contributed by atoms with Crippen molar-refractivity contribution < 1.29 is 0 Å². The molecule has 1 aromatic heterocycles. The molecule has 4 heteroatoms. The summed E-state index contributed by atoms with van der Waals surface area (Å²) < 4.78 is 2.08. The summed E-state index contributed by atoms with van der Waals surface area (Å²) in [7, 11) is 0. The van der Waals surface area contributed by atoms with E-state index in [4.69, 9.17) is 11.6 Å². The van der Waals surface area contributed by atoms with E-state index in [2.05, 4.69) is 39.6 Å². The van der Waals surface area contributed by atoms with E-state index in [0.29, 0.717) is 4.83 Å². The van der Waals surface area contributed by atoms with Crippen LogP contribution in [0.5, 0.6) is 0 Å². The van der Waals surface area contributed by atoms with Crippen LogP contribution in [0.2, 0.25) is 5.02 Å². The lowest BCUT2D eigenvalue weighted by Crippen LogP contribution is -2.13. The highest BCUT2D eigenvalue weighted by molar-refractivity contribution is 9.09. The zero-order valence-corrected chi connectivity index (χ0v) is 12.9. The largest absolute Gasteiger partial charge is 0.268 e. The van der Waals surface area contributed by atoms with Crippen LogP contribution in [-0.4, -0.2) is 14.6 Å². The van der Waals surface area contributed by atoms with E-state index in [1.807, 2.05) is 0 Å². The molecule has 0 radical (unpaired) electrons. The van der Waals surface area contributed by atoms with Crippen molar-refractivity contribution in [1.82, 2.24) is 9.78 Å². The summed E-state index contributed by atoms with van der Waals surface area (Å²) in [5.74, 6) is 0.721. The number of alkyl halides is 1. The van der Waals surface area contributed by atoms with Gasteiger partial charge in [0.25, 0.3) is 0 Å². The molecule has 2 atom stereocenters. The molecule has 1 aliphatic rings. The minimum Gasteiger partial charge on any atom is -0.268 e. The molecule has 1 heterocycles. The van der Waals surface area contributed by atoms with Crippen molar-refractivity contribution in [2.24, 2.45) is 5.92 Å². The molecule has 2 rings (SSSR count). The zero-order valence-electron chi connectivity index (χ0n) is 10.5. The fraction of sp³-hybridized carbons (Fsp3) is 0.769. The fourth-order valence-corrected chi connectivity index (χ4v) is 3.80. The maximum atomic E-state index is 6.44. The predicted molar refractivity (Wildman–Crippen MR) is 76.0 cm³/mol. The Kier molecular flexibility index (Phi) is 4.53. The van der Waals surface area contributed by atoms with E-state index in [1.54, 1.807) is 0 Å². The molecule has 0 aliphatic heterocycles. The Morgan fingerprint density at radius 3 is 2.71 bits per heavy atom. The molecule has 96 valence electrons. The van der Waals surface area contributed by atoms with Crippen LogP contribution in [0.4, 0.5) is 0 Å². The summed E-state index contributed by atoms with van der Waals surface area (Å²) in [6, 6.07) is 0. The van der Waals surface area contributed by atoms with Crippen LogP contribution in [0.1, 0.15) is 44.5 Å². The quantitative estimate of drug-likeness (QED) is 0.760. The summed E-state index contributed by atoms with van der Waals surface area (Å²) in [6.45, 7) is 5.15. The molecule has 0 N–H and O–H groups in total. The maximum Gasteiger partial charge on any atom is 0.0849 e. The van der Waals surface area contributed by atoms with Gasteiger partial charge in [-0.25, -0.2) is 0 Å². The third-order valence-electron chi connectivity index (χ3n) is 3.72. The van der Waals surface area contributed by atoms with Crippen molar-refractivity contribution in [1.29, 1.82) is 0 Å². The SMILES string of the molecule is CCc1nn(CC)c(CC2CCCC2Br)c1Cl. The Labute approximate surface area is 117 Å². The van der Waals surface area contributed by atoms with Gasteiger partial charge in [0, 0.05) is 11.4 Å². The van der Waals surface area contributed by atoms with Gasteiger partial charge in [0.2, 0.25) is 0 Å². The van der Waals surface area contributed by atoms with Crippen LogP contribution in [-0.2, 0) is 19.4 Å². The van der Waals surface area contributed by atoms with Gasteiger partial charge in [-0.1, -0.05) is 40.9 Å². The number of hydrogen-bond donors (Lipinski definition) is 0. The Morgan fingerprint density at radius 2 is 2.18 bits per heavy atom. The van der Waals surface area contributed by atoms with Crippen molar-refractivity contribution in [2.75, 3.05) is 0 Å². The van der Waals surface area contributed by atoms with Gasteiger partial charge in [-0.3, -0.25) is 4.68 Å². The molecule has 17 heavy (non-hydrogen) atoms. The van der Waals surface area contributed by atoms with Gasteiger partial charge in [-0.05, 0) is 38.5 Å². The van der Waals surface area contributed by atoms with Gasteiger partial charge in [0.05, 0.1) is 16.4 Å². The predicted octanol–water partition coefficient (Wildman–Crippen LogP) is 4.22. The van der Waals surface area contributed by atoms with Crippen molar-refractivity contribution >= 4 is 27.5 Å². The first kappa shape index (κ1) is 13.4. The lowest BCUT2D eigenvalue weighted by atomic mass is 10.0. The fourth-order valence-electron chi connectivity index (χ4n) is 2.68. The van der Waals surface area contributed by atoms with Gasteiger partial charge in [0.1, 0.15) is 0 Å². The average molecular weight is 320 g/mol. The molecule has 0 bridgehead atoms. The second kappa shape index (κ2) is 5.75. The van der Waals surface area contributed by atoms with E-state index in [0.717, 1.165) is 36.0 Å². The van der Waals surface area contributed by atoms with Crippen LogP contribution in [0.25, 0.3) is 0 Å². The second-order valence-corrected chi connectivity index (χ2v) is 6.34. The number of hydrogen-bond acceptors (Lipinski definition) is 1. The Bertz CT molecular complexity index is 389. The van der Waals surface area contributed by atoms with Crippen LogP contribution >= 0.6 is 27.5 Å². The van der Waals surface area contributed by atoms with Gasteiger partial charge in [0.15, 0.2) is 0 Å².